The third-order valence-electron chi connectivity index (χ3n) is 7.23. The number of azo groups is 1. The minimum atomic E-state index is -0.582. The molecular formula is C33H59N4O9S+. The quantitative estimate of drug-likeness (QED) is 0.0769. The lowest BCUT2D eigenvalue weighted by atomic mass is 9.86. The van der Waals surface area contributed by atoms with E-state index in [-0.39, 0.29) is 50.3 Å². The molecule has 2 N–H and O–H groups in total. The number of aryl methyl sites for hydroxylation is 1. The summed E-state index contributed by atoms with van der Waals surface area (Å²) >= 11 is 1.53. The molecule has 1 aliphatic rings. The number of ether oxygens (including phenoxy) is 7. The van der Waals surface area contributed by atoms with E-state index >= 15 is 0 Å². The summed E-state index contributed by atoms with van der Waals surface area (Å²) in [7, 11) is 1.95. The number of hydrogen-bond donors (Lipinski definition) is 2. The summed E-state index contributed by atoms with van der Waals surface area (Å²) in [6, 6.07) is -0.289. The Kier molecular flexibility index (Phi) is 21.6. The van der Waals surface area contributed by atoms with E-state index in [2.05, 4.69) is 29.1 Å². The Hall–Kier alpha value is -1.69. The predicted molar refractivity (Wildman–Crippen MR) is 180 cm³/mol. The maximum Gasteiger partial charge on any atom is 0.407 e. The summed E-state index contributed by atoms with van der Waals surface area (Å²) in [6.07, 6.45) is 9.74. The molecule has 13 nitrogen and oxygen atoms in total. The topological polar surface area (TPSA) is 137 Å². The maximum atomic E-state index is 9.09. The van der Waals surface area contributed by atoms with Gasteiger partial charge in [-0.2, -0.15) is 0 Å². The van der Waals surface area contributed by atoms with E-state index < -0.39 is 5.54 Å². The van der Waals surface area contributed by atoms with Crippen LogP contribution in [0.2, 0.25) is 0 Å². The van der Waals surface area contributed by atoms with Crippen LogP contribution in [0.25, 0.3) is 0 Å². The molecule has 0 aromatic carbocycles. The Labute approximate surface area is 285 Å². The van der Waals surface area contributed by atoms with Gasteiger partial charge in [0.15, 0.2) is 0 Å². The number of nitrogens with zero attached hydrogens (tertiary/aromatic N) is 4. The first-order valence-electron chi connectivity index (χ1n) is 16.6. The van der Waals surface area contributed by atoms with Crippen LogP contribution >= 0.6 is 11.3 Å². The molecule has 1 aromatic heterocycles. The average Bonchev–Trinajstić information content (AvgIpc) is 3.46. The van der Waals surface area contributed by atoms with Crippen LogP contribution in [0.4, 0.5) is 5.13 Å². The number of aromatic nitrogens is 1. The zero-order valence-corrected chi connectivity index (χ0v) is 30.0. The molecule has 0 aliphatic heterocycles. The number of allylic oxidation sites excluding steroid dienone is 2. The monoisotopic (exact) mass is 687 g/mol. The lowest BCUT2D eigenvalue weighted by Gasteiger charge is -2.45. The number of hydrogen-bond acceptors (Lipinski definition) is 13. The zero-order valence-electron chi connectivity index (χ0n) is 29.2. The molecule has 0 radical (unpaired) electrons. The molecule has 0 amide bonds. The highest BCUT2D eigenvalue weighted by atomic mass is 32.1. The maximum absolute atomic E-state index is 9.09. The lowest BCUT2D eigenvalue weighted by Crippen LogP contribution is -2.58. The van der Waals surface area contributed by atoms with E-state index in [0.29, 0.717) is 72.6 Å². The number of thiazole rings is 1. The molecule has 2 rings (SSSR count). The summed E-state index contributed by atoms with van der Waals surface area (Å²) in [5, 5.41) is 30.2. The van der Waals surface area contributed by atoms with E-state index in [9.17, 15) is 0 Å². The first kappa shape index (κ1) is 41.5. The van der Waals surface area contributed by atoms with Crippen molar-refractivity contribution in [3.05, 3.63) is 35.9 Å². The van der Waals surface area contributed by atoms with Gasteiger partial charge in [0.25, 0.3) is 0 Å². The second kappa shape index (κ2) is 24.4. The van der Waals surface area contributed by atoms with Crippen molar-refractivity contribution < 1.29 is 47.9 Å². The second-order valence-electron chi connectivity index (χ2n) is 11.9. The largest absolute Gasteiger partial charge is 0.407 e. The standard InChI is InChI=1S/C33H59N4O9S/c1-27(2)45-25-29(43-20-18-41-15-13-39)23-37(24-30(26-46-28(3)4)44-21-19-42-17-16-40-14-12-38)33(5)10-8-7-9-31(33)34-35-32-36(6)11-22-47-32/h7-11,22,27-31,38-39H,12-21,23-26H2,1-6H3/q+1. The summed E-state index contributed by atoms with van der Waals surface area (Å²) in [4.78, 5) is 2.33. The Balaban J connectivity index is 2.30. The predicted octanol–water partition coefficient (Wildman–Crippen LogP) is 2.87. The van der Waals surface area contributed by atoms with Gasteiger partial charge in [0.1, 0.15) is 12.2 Å². The van der Waals surface area contributed by atoms with Crippen molar-refractivity contribution in [2.24, 2.45) is 17.3 Å². The fraction of sp³-hybridized carbons (Fsp3) is 0.788. The van der Waals surface area contributed by atoms with Gasteiger partial charge in [-0.25, -0.2) is 4.57 Å². The molecule has 0 fully saturated rings. The second-order valence-corrected chi connectivity index (χ2v) is 12.7. The molecule has 270 valence electrons. The average molecular weight is 688 g/mol. The van der Waals surface area contributed by atoms with Crippen LogP contribution in [-0.4, -0.2) is 143 Å². The Bertz CT molecular complexity index is 1030. The normalized spacial score (nSPS) is 19.6. The first-order valence-corrected chi connectivity index (χ1v) is 17.4. The molecule has 1 aromatic rings. The Morgan fingerprint density at radius 2 is 1.34 bits per heavy atom. The number of aliphatic hydroxyl groups is 2. The summed E-state index contributed by atoms with van der Waals surface area (Å²) in [6.45, 7) is 14.8. The van der Waals surface area contributed by atoms with E-state index in [1.165, 1.54) is 11.3 Å². The van der Waals surface area contributed by atoms with Gasteiger partial charge in [0.05, 0.1) is 121 Å². The van der Waals surface area contributed by atoms with Gasteiger partial charge >= 0.3 is 5.13 Å². The van der Waals surface area contributed by atoms with Crippen LogP contribution in [0.15, 0.2) is 46.1 Å². The molecule has 0 spiro atoms. The highest BCUT2D eigenvalue weighted by Crippen LogP contribution is 2.31. The van der Waals surface area contributed by atoms with E-state index in [1.807, 2.05) is 63.0 Å². The molecule has 0 saturated carbocycles. The van der Waals surface area contributed by atoms with Crippen molar-refractivity contribution in [1.82, 2.24) is 4.90 Å². The summed E-state index contributed by atoms with van der Waals surface area (Å²) in [5.41, 5.74) is -0.582. The van der Waals surface area contributed by atoms with Gasteiger partial charge in [-0.05, 0) is 46.0 Å². The third-order valence-corrected chi connectivity index (χ3v) is 8.07. The molecule has 1 aliphatic carbocycles. The number of aliphatic hydroxyl groups excluding tert-OH is 2. The highest BCUT2D eigenvalue weighted by molar-refractivity contribution is 7.12. The molecule has 4 unspecified atom stereocenters. The molecule has 4 atom stereocenters. The molecule has 1 heterocycles. The van der Waals surface area contributed by atoms with Gasteiger partial charge in [-0.1, -0.05) is 29.4 Å². The Morgan fingerprint density at radius 1 is 0.809 bits per heavy atom. The molecule has 47 heavy (non-hydrogen) atoms. The SMILES string of the molecule is CC(C)OCC(CN(CC(COC(C)C)OCCOCCOCCO)C1(C)C=CC=CC1/N=N/c1scc[n+]1C)OCCOCCO. The van der Waals surface area contributed by atoms with E-state index in [0.717, 1.165) is 5.13 Å². The molecular weight excluding hydrogens is 628 g/mol. The minimum absolute atomic E-state index is 0.0110. The van der Waals surface area contributed by atoms with Gasteiger partial charge in [-0.15, -0.1) is 0 Å². The van der Waals surface area contributed by atoms with Crippen LogP contribution in [0.1, 0.15) is 34.6 Å². The van der Waals surface area contributed by atoms with Crippen molar-refractivity contribution in [2.45, 2.75) is 70.6 Å². The van der Waals surface area contributed by atoms with Crippen molar-refractivity contribution in [3.8, 4) is 0 Å². The molecule has 0 saturated heterocycles. The zero-order chi connectivity index (χ0) is 34.3. The van der Waals surface area contributed by atoms with Crippen LogP contribution in [-0.2, 0) is 40.2 Å². The summed E-state index contributed by atoms with van der Waals surface area (Å²) in [5.74, 6) is 0. The van der Waals surface area contributed by atoms with Crippen molar-refractivity contribution >= 4 is 16.5 Å². The summed E-state index contributed by atoms with van der Waals surface area (Å²) < 4.78 is 43.2. The van der Waals surface area contributed by atoms with Gasteiger partial charge in [0.2, 0.25) is 0 Å². The third kappa shape index (κ3) is 17.0. The van der Waals surface area contributed by atoms with Crippen LogP contribution < -0.4 is 4.57 Å². The van der Waals surface area contributed by atoms with Gasteiger partial charge in [0, 0.05) is 18.5 Å². The highest BCUT2D eigenvalue weighted by Gasteiger charge is 2.41. The fourth-order valence-electron chi connectivity index (χ4n) is 4.66. The fourth-order valence-corrected chi connectivity index (χ4v) is 5.35. The number of rotatable bonds is 28. The van der Waals surface area contributed by atoms with Crippen molar-refractivity contribution in [2.75, 3.05) is 92.4 Å². The smallest absolute Gasteiger partial charge is 0.394 e. The minimum Gasteiger partial charge on any atom is -0.394 e. The lowest BCUT2D eigenvalue weighted by molar-refractivity contribution is -0.654. The Morgan fingerprint density at radius 3 is 1.83 bits per heavy atom. The van der Waals surface area contributed by atoms with Crippen molar-refractivity contribution in [1.29, 1.82) is 0 Å². The van der Waals surface area contributed by atoms with Crippen molar-refractivity contribution in [3.63, 3.8) is 0 Å². The van der Waals surface area contributed by atoms with E-state index in [4.69, 9.17) is 48.5 Å². The first-order chi connectivity index (χ1) is 22.7. The van der Waals surface area contributed by atoms with E-state index in [1.54, 1.807) is 0 Å². The van der Waals surface area contributed by atoms with Gasteiger partial charge in [-0.3, -0.25) is 4.90 Å². The molecule has 14 heteroatoms. The van der Waals surface area contributed by atoms with Gasteiger partial charge < -0.3 is 43.4 Å². The van der Waals surface area contributed by atoms with Crippen LogP contribution in [0, 0.1) is 0 Å². The van der Waals surface area contributed by atoms with Crippen LogP contribution in [0.3, 0.4) is 0 Å². The van der Waals surface area contributed by atoms with Crippen LogP contribution in [0.5, 0.6) is 0 Å². The molecule has 0 bridgehead atoms.